The molecule has 1 aromatic carbocycles. The molecule has 0 unspecified atom stereocenters. The van der Waals surface area contributed by atoms with Crippen molar-refractivity contribution in [1.82, 2.24) is 14.8 Å². The third kappa shape index (κ3) is 4.55. The second-order valence-corrected chi connectivity index (χ2v) is 6.07. The summed E-state index contributed by atoms with van der Waals surface area (Å²) in [5, 5.41) is 0. The van der Waals surface area contributed by atoms with Crippen LogP contribution in [0.2, 0.25) is 0 Å². The summed E-state index contributed by atoms with van der Waals surface area (Å²) in [6.45, 7) is 4.87. The maximum absolute atomic E-state index is 12.8. The molecule has 1 fully saturated rings. The standard InChI is InChI=1S/C18H20F3N3/c19-18(20,21)16-5-3-4-15(12-16)13-23-8-10-24(11-9-23)14-17-6-1-2-7-22-17/h1-7,12H,8-11,13-14H2. The fourth-order valence-electron chi connectivity index (χ4n) is 2.93. The van der Waals surface area contributed by atoms with E-state index in [-0.39, 0.29) is 0 Å². The molecule has 1 aliphatic heterocycles. The molecule has 1 aromatic heterocycles. The number of benzene rings is 1. The maximum atomic E-state index is 12.8. The molecular formula is C18H20F3N3. The number of rotatable bonds is 4. The zero-order chi connectivity index (χ0) is 17.0. The first-order chi connectivity index (χ1) is 11.5. The highest BCUT2D eigenvalue weighted by Gasteiger charge is 2.30. The third-order valence-corrected chi connectivity index (χ3v) is 4.24. The first-order valence-electron chi connectivity index (χ1n) is 8.01. The molecule has 0 N–H and O–H groups in total. The lowest BCUT2D eigenvalue weighted by molar-refractivity contribution is -0.137. The summed E-state index contributed by atoms with van der Waals surface area (Å²) < 4.78 is 38.3. The van der Waals surface area contributed by atoms with Crippen molar-refractivity contribution in [3.05, 3.63) is 65.5 Å². The summed E-state index contributed by atoms with van der Waals surface area (Å²) in [4.78, 5) is 8.85. The Labute approximate surface area is 139 Å². The minimum absolute atomic E-state index is 0.557. The minimum atomic E-state index is -4.28. The Balaban J connectivity index is 1.52. The number of hydrogen-bond donors (Lipinski definition) is 0. The highest BCUT2D eigenvalue weighted by Crippen LogP contribution is 2.29. The Kier molecular flexibility index (Phi) is 5.16. The molecule has 2 aromatic rings. The van der Waals surface area contributed by atoms with Gasteiger partial charge >= 0.3 is 6.18 Å². The van der Waals surface area contributed by atoms with Gasteiger partial charge in [0.1, 0.15) is 0 Å². The highest BCUT2D eigenvalue weighted by atomic mass is 19.4. The molecule has 0 amide bonds. The molecule has 0 spiro atoms. The van der Waals surface area contributed by atoms with E-state index in [0.717, 1.165) is 44.5 Å². The molecule has 3 nitrogen and oxygen atoms in total. The number of alkyl halides is 3. The smallest absolute Gasteiger partial charge is 0.297 e. The van der Waals surface area contributed by atoms with Crippen molar-refractivity contribution >= 4 is 0 Å². The van der Waals surface area contributed by atoms with Crippen molar-refractivity contribution in [2.75, 3.05) is 26.2 Å². The van der Waals surface area contributed by atoms with Crippen molar-refractivity contribution in [3.63, 3.8) is 0 Å². The second-order valence-electron chi connectivity index (χ2n) is 6.07. The van der Waals surface area contributed by atoms with Gasteiger partial charge in [-0.15, -0.1) is 0 Å². The van der Waals surface area contributed by atoms with Gasteiger partial charge < -0.3 is 0 Å². The van der Waals surface area contributed by atoms with Crippen LogP contribution in [-0.2, 0) is 19.3 Å². The predicted molar refractivity (Wildman–Crippen MR) is 86.2 cm³/mol. The van der Waals surface area contributed by atoms with E-state index in [1.807, 2.05) is 18.2 Å². The maximum Gasteiger partial charge on any atom is 0.416 e. The molecule has 0 radical (unpaired) electrons. The van der Waals surface area contributed by atoms with Crippen molar-refractivity contribution in [1.29, 1.82) is 0 Å². The van der Waals surface area contributed by atoms with Crippen LogP contribution in [0.25, 0.3) is 0 Å². The van der Waals surface area contributed by atoms with Gasteiger partial charge in [0.05, 0.1) is 11.3 Å². The van der Waals surface area contributed by atoms with Crippen LogP contribution in [0.3, 0.4) is 0 Å². The van der Waals surface area contributed by atoms with E-state index in [1.165, 1.54) is 12.1 Å². The second kappa shape index (κ2) is 7.32. The van der Waals surface area contributed by atoms with Crippen molar-refractivity contribution in [3.8, 4) is 0 Å². The summed E-state index contributed by atoms with van der Waals surface area (Å²) >= 11 is 0. The molecule has 1 saturated heterocycles. The van der Waals surface area contributed by atoms with E-state index in [2.05, 4.69) is 14.8 Å². The van der Waals surface area contributed by atoms with E-state index >= 15 is 0 Å². The van der Waals surface area contributed by atoms with Crippen LogP contribution in [-0.4, -0.2) is 41.0 Å². The summed E-state index contributed by atoms with van der Waals surface area (Å²) in [5.74, 6) is 0. The molecule has 3 rings (SSSR count). The van der Waals surface area contributed by atoms with E-state index in [1.54, 1.807) is 12.3 Å². The van der Waals surface area contributed by atoms with E-state index in [4.69, 9.17) is 0 Å². The molecule has 1 aliphatic rings. The van der Waals surface area contributed by atoms with Crippen LogP contribution >= 0.6 is 0 Å². The molecule has 0 bridgehead atoms. The van der Waals surface area contributed by atoms with Gasteiger partial charge in [-0.05, 0) is 23.8 Å². The summed E-state index contributed by atoms with van der Waals surface area (Å²) in [5.41, 5.74) is 1.18. The van der Waals surface area contributed by atoms with Gasteiger partial charge in [0.25, 0.3) is 0 Å². The van der Waals surface area contributed by atoms with E-state index in [9.17, 15) is 13.2 Å². The van der Waals surface area contributed by atoms with Crippen molar-refractivity contribution in [2.24, 2.45) is 0 Å². The normalized spacial score (nSPS) is 17.1. The molecular weight excluding hydrogens is 315 g/mol. The van der Waals surface area contributed by atoms with Crippen molar-refractivity contribution < 1.29 is 13.2 Å². The fraction of sp³-hybridized carbons (Fsp3) is 0.389. The van der Waals surface area contributed by atoms with Gasteiger partial charge in [0.2, 0.25) is 0 Å². The quantitative estimate of drug-likeness (QED) is 0.853. The van der Waals surface area contributed by atoms with Crippen molar-refractivity contribution in [2.45, 2.75) is 19.3 Å². The summed E-state index contributed by atoms with van der Waals surface area (Å²) in [6.07, 6.45) is -2.49. The predicted octanol–water partition coefficient (Wildman–Crippen LogP) is 3.42. The number of hydrogen-bond acceptors (Lipinski definition) is 3. The Morgan fingerprint density at radius 1 is 0.875 bits per heavy atom. The topological polar surface area (TPSA) is 19.4 Å². The van der Waals surface area contributed by atoms with Crippen LogP contribution in [0.5, 0.6) is 0 Å². The van der Waals surface area contributed by atoms with Gasteiger partial charge in [-0.1, -0.05) is 24.3 Å². The number of nitrogens with zero attached hydrogens (tertiary/aromatic N) is 3. The molecule has 6 heteroatoms. The minimum Gasteiger partial charge on any atom is -0.297 e. The Morgan fingerprint density at radius 2 is 1.58 bits per heavy atom. The highest BCUT2D eigenvalue weighted by molar-refractivity contribution is 5.25. The van der Waals surface area contributed by atoms with E-state index in [0.29, 0.717) is 12.1 Å². The third-order valence-electron chi connectivity index (χ3n) is 4.24. The van der Waals surface area contributed by atoms with Crippen LogP contribution in [0.1, 0.15) is 16.8 Å². The average Bonchev–Trinajstić information content (AvgIpc) is 2.57. The first-order valence-corrected chi connectivity index (χ1v) is 8.01. The number of aromatic nitrogens is 1. The molecule has 2 heterocycles. The lowest BCUT2D eigenvalue weighted by atomic mass is 10.1. The van der Waals surface area contributed by atoms with Crippen LogP contribution in [0.4, 0.5) is 13.2 Å². The van der Waals surface area contributed by atoms with Crippen LogP contribution < -0.4 is 0 Å². The van der Waals surface area contributed by atoms with Gasteiger partial charge in [0, 0.05) is 45.5 Å². The molecule has 24 heavy (non-hydrogen) atoms. The Hall–Kier alpha value is -1.92. The first kappa shape index (κ1) is 16.9. The zero-order valence-corrected chi connectivity index (χ0v) is 13.3. The number of halogens is 3. The van der Waals surface area contributed by atoms with Crippen LogP contribution in [0, 0.1) is 0 Å². The lowest BCUT2D eigenvalue weighted by Gasteiger charge is -2.34. The number of pyridine rings is 1. The molecule has 0 atom stereocenters. The van der Waals surface area contributed by atoms with Gasteiger partial charge in [-0.3, -0.25) is 14.8 Å². The summed E-state index contributed by atoms with van der Waals surface area (Å²) in [6, 6.07) is 11.5. The SMILES string of the molecule is FC(F)(F)c1cccc(CN2CCN(Cc3ccccn3)CC2)c1. The Morgan fingerprint density at radius 3 is 2.21 bits per heavy atom. The fourth-order valence-corrected chi connectivity index (χ4v) is 2.93. The molecule has 0 aliphatic carbocycles. The van der Waals surface area contributed by atoms with Gasteiger partial charge in [-0.25, -0.2) is 0 Å². The number of piperazine rings is 1. The van der Waals surface area contributed by atoms with Gasteiger partial charge in [-0.2, -0.15) is 13.2 Å². The zero-order valence-electron chi connectivity index (χ0n) is 13.3. The molecule has 128 valence electrons. The Bertz CT molecular complexity index is 650. The van der Waals surface area contributed by atoms with E-state index < -0.39 is 11.7 Å². The monoisotopic (exact) mass is 335 g/mol. The van der Waals surface area contributed by atoms with Crippen LogP contribution in [0.15, 0.2) is 48.7 Å². The molecule has 0 saturated carbocycles. The largest absolute Gasteiger partial charge is 0.416 e. The van der Waals surface area contributed by atoms with Gasteiger partial charge in [0.15, 0.2) is 0 Å². The average molecular weight is 335 g/mol. The lowest BCUT2D eigenvalue weighted by Crippen LogP contribution is -2.45. The summed E-state index contributed by atoms with van der Waals surface area (Å²) in [7, 11) is 0.